The Hall–Kier alpha value is -2.89. The number of nitrogens with one attached hydrogen (secondary N) is 3. The molecule has 35 heavy (non-hydrogen) atoms. The van der Waals surface area contributed by atoms with Crippen LogP contribution in [0.4, 0.5) is 11.8 Å². The number of aromatic nitrogens is 4. The summed E-state index contributed by atoms with van der Waals surface area (Å²) in [4.78, 5) is 30.8. The Labute approximate surface area is 207 Å². The number of aliphatic hydroxyl groups excluding tert-OH is 2. The van der Waals surface area contributed by atoms with Crippen LogP contribution >= 0.6 is 11.3 Å². The highest BCUT2D eigenvalue weighted by atomic mass is 32.1. The minimum absolute atomic E-state index is 0.252. The van der Waals surface area contributed by atoms with Crippen molar-refractivity contribution in [1.82, 2.24) is 25.3 Å². The van der Waals surface area contributed by atoms with Crippen LogP contribution in [0.1, 0.15) is 38.8 Å². The fourth-order valence-electron chi connectivity index (χ4n) is 4.72. The van der Waals surface area contributed by atoms with Gasteiger partial charge in [0, 0.05) is 18.8 Å². The minimum atomic E-state index is -1.16. The van der Waals surface area contributed by atoms with Crippen LogP contribution in [0.25, 0.3) is 20.8 Å². The Morgan fingerprint density at radius 1 is 1.23 bits per heavy atom. The van der Waals surface area contributed by atoms with Crippen LogP contribution in [-0.4, -0.2) is 66.9 Å². The molecular weight excluding hydrogens is 466 g/mol. The van der Waals surface area contributed by atoms with Crippen LogP contribution in [0.3, 0.4) is 0 Å². The van der Waals surface area contributed by atoms with Crippen LogP contribution < -0.4 is 16.0 Å². The molecule has 0 unspecified atom stereocenters. The van der Waals surface area contributed by atoms with Crippen molar-refractivity contribution in [3.63, 3.8) is 0 Å². The number of anilines is 2. The van der Waals surface area contributed by atoms with E-state index in [2.05, 4.69) is 27.9 Å². The molecule has 3 aromatic heterocycles. The van der Waals surface area contributed by atoms with Crippen molar-refractivity contribution in [3.8, 4) is 10.6 Å². The molecule has 2 fully saturated rings. The third kappa shape index (κ3) is 4.80. The number of pyridine rings is 1. The van der Waals surface area contributed by atoms with E-state index in [1.807, 2.05) is 19.9 Å². The second-order valence-corrected chi connectivity index (χ2v) is 10.5. The highest BCUT2D eigenvalue weighted by molar-refractivity contribution is 7.21. The summed E-state index contributed by atoms with van der Waals surface area (Å²) in [5.74, 6) is 0.681. The summed E-state index contributed by atoms with van der Waals surface area (Å²) in [7, 11) is 0. The number of carbonyl (C=O) groups excluding carboxylic acids is 1. The topological polar surface area (TPSA) is 145 Å². The first kappa shape index (κ1) is 23.8. The van der Waals surface area contributed by atoms with Gasteiger partial charge in [0.2, 0.25) is 11.9 Å². The molecular formula is C24H31N7O3S. The summed E-state index contributed by atoms with van der Waals surface area (Å²) >= 11 is 1.52. The zero-order valence-electron chi connectivity index (χ0n) is 20.0. The number of rotatable bonds is 8. The number of aryl methyl sites for hydroxylation is 1. The van der Waals surface area contributed by atoms with Crippen molar-refractivity contribution in [2.75, 3.05) is 17.2 Å². The first-order valence-corrected chi connectivity index (χ1v) is 12.9. The molecule has 1 amide bonds. The van der Waals surface area contributed by atoms with E-state index < -0.39 is 24.2 Å². The van der Waals surface area contributed by atoms with Crippen molar-refractivity contribution in [2.45, 2.75) is 64.3 Å². The lowest BCUT2D eigenvalue weighted by Gasteiger charge is -2.22. The monoisotopic (exact) mass is 497 g/mol. The van der Waals surface area contributed by atoms with Gasteiger partial charge in [-0.05, 0) is 52.0 Å². The van der Waals surface area contributed by atoms with Gasteiger partial charge in [-0.15, -0.1) is 11.3 Å². The van der Waals surface area contributed by atoms with E-state index in [4.69, 9.17) is 15.0 Å². The van der Waals surface area contributed by atoms with Gasteiger partial charge >= 0.3 is 0 Å². The van der Waals surface area contributed by atoms with E-state index in [1.54, 1.807) is 12.4 Å². The molecule has 186 valence electrons. The molecule has 11 heteroatoms. The Balaban J connectivity index is 1.50. The molecule has 0 saturated heterocycles. The average Bonchev–Trinajstić information content (AvgIpc) is 3.54. The van der Waals surface area contributed by atoms with Gasteiger partial charge in [-0.3, -0.25) is 9.78 Å². The first-order chi connectivity index (χ1) is 16.9. The lowest BCUT2D eigenvalue weighted by molar-refractivity contribution is -0.128. The van der Waals surface area contributed by atoms with Crippen molar-refractivity contribution in [3.05, 3.63) is 24.2 Å². The van der Waals surface area contributed by atoms with Crippen LogP contribution in [0.2, 0.25) is 0 Å². The number of carbonyl (C=O) groups is 1. The second-order valence-electron chi connectivity index (χ2n) is 9.46. The fourth-order valence-corrected chi connectivity index (χ4v) is 5.75. The third-order valence-electron chi connectivity index (χ3n) is 6.87. The molecule has 0 spiro atoms. The van der Waals surface area contributed by atoms with Gasteiger partial charge < -0.3 is 26.2 Å². The highest BCUT2D eigenvalue weighted by Crippen LogP contribution is 2.39. The van der Waals surface area contributed by atoms with Crippen LogP contribution in [-0.2, 0) is 4.79 Å². The minimum Gasteiger partial charge on any atom is -0.390 e. The maximum absolute atomic E-state index is 12.4. The van der Waals surface area contributed by atoms with Crippen LogP contribution in [0.15, 0.2) is 18.5 Å². The molecule has 0 radical (unpaired) electrons. The maximum Gasteiger partial charge on any atom is 0.225 e. The van der Waals surface area contributed by atoms with Crippen molar-refractivity contribution in [1.29, 1.82) is 0 Å². The number of fused-ring (bicyclic) bond motifs is 1. The summed E-state index contributed by atoms with van der Waals surface area (Å²) in [6.45, 7) is 6.33. The van der Waals surface area contributed by atoms with Crippen molar-refractivity contribution < 1.29 is 15.0 Å². The van der Waals surface area contributed by atoms with E-state index in [1.165, 1.54) is 24.2 Å². The van der Waals surface area contributed by atoms with E-state index in [-0.39, 0.29) is 18.4 Å². The SMILES string of the molecule is CCNC(=O)[C@H]1C[C@@H](Nc2nc(N[C@H](C)C3CC3)nc(C)c2-c2nc3cnccc3s2)[C@H](O)[C@@H]1O. The molecule has 5 rings (SSSR count). The summed E-state index contributed by atoms with van der Waals surface area (Å²) in [6.07, 6.45) is 3.85. The Bertz CT molecular complexity index is 1200. The number of thiazole rings is 1. The van der Waals surface area contributed by atoms with Gasteiger partial charge in [-0.2, -0.15) is 4.98 Å². The molecule has 2 aliphatic rings. The zero-order chi connectivity index (χ0) is 24.7. The van der Waals surface area contributed by atoms with Gasteiger partial charge in [0.1, 0.15) is 22.4 Å². The molecule has 2 saturated carbocycles. The molecule has 5 N–H and O–H groups in total. The first-order valence-electron chi connectivity index (χ1n) is 12.1. The molecule has 5 atom stereocenters. The summed E-state index contributed by atoms with van der Waals surface area (Å²) < 4.78 is 0.998. The molecule has 3 heterocycles. The van der Waals surface area contributed by atoms with Gasteiger partial charge in [-0.25, -0.2) is 9.97 Å². The number of hydrogen-bond acceptors (Lipinski definition) is 10. The molecule has 0 aromatic carbocycles. The van der Waals surface area contributed by atoms with Gasteiger partial charge in [0.25, 0.3) is 0 Å². The number of nitrogens with zero attached hydrogens (tertiary/aromatic N) is 4. The average molecular weight is 498 g/mol. The number of amides is 1. The Morgan fingerprint density at radius 2 is 2.03 bits per heavy atom. The van der Waals surface area contributed by atoms with Crippen molar-refractivity contribution in [2.24, 2.45) is 11.8 Å². The van der Waals surface area contributed by atoms with E-state index in [0.717, 1.165) is 26.5 Å². The Morgan fingerprint density at radius 3 is 2.74 bits per heavy atom. The molecule has 10 nitrogen and oxygen atoms in total. The van der Waals surface area contributed by atoms with Crippen LogP contribution in [0, 0.1) is 18.8 Å². The highest BCUT2D eigenvalue weighted by Gasteiger charge is 2.45. The molecule has 0 aliphatic heterocycles. The quantitative estimate of drug-likeness (QED) is 0.316. The third-order valence-corrected chi connectivity index (χ3v) is 7.93. The van der Waals surface area contributed by atoms with E-state index in [0.29, 0.717) is 24.2 Å². The molecule has 3 aromatic rings. The van der Waals surface area contributed by atoms with Gasteiger partial charge in [0.15, 0.2) is 0 Å². The normalized spacial score (nSPS) is 24.9. The number of aliphatic hydroxyl groups is 2. The van der Waals surface area contributed by atoms with Crippen molar-refractivity contribution >= 4 is 39.2 Å². The van der Waals surface area contributed by atoms with Gasteiger partial charge in [-0.1, -0.05) is 0 Å². The second kappa shape index (κ2) is 9.63. The lowest BCUT2D eigenvalue weighted by Crippen LogP contribution is -2.39. The fraction of sp³-hybridized carbons (Fsp3) is 0.542. The lowest BCUT2D eigenvalue weighted by atomic mass is 10.0. The molecule has 0 bridgehead atoms. The predicted molar refractivity (Wildman–Crippen MR) is 135 cm³/mol. The maximum atomic E-state index is 12.4. The van der Waals surface area contributed by atoms with E-state index in [9.17, 15) is 15.0 Å². The van der Waals surface area contributed by atoms with E-state index >= 15 is 0 Å². The summed E-state index contributed by atoms with van der Waals surface area (Å²) in [6, 6.07) is 1.61. The standard InChI is InChI=1S/C24H31N7O3S/c1-4-26-22(34)14-9-15(20(33)19(14)32)29-21-18(23-30-16-10-25-8-7-17(16)35-23)12(3)28-24(31-21)27-11(2)13-5-6-13/h7-8,10-11,13-15,19-20,32-33H,4-6,9H2,1-3H3,(H,26,34)(H2,27,28,29,31)/t11-,14+,15-,19-,20+/m1/s1. The Kier molecular flexibility index (Phi) is 6.56. The van der Waals surface area contributed by atoms with Crippen LogP contribution in [0.5, 0.6) is 0 Å². The summed E-state index contributed by atoms with van der Waals surface area (Å²) in [5, 5.41) is 31.6. The molecule has 2 aliphatic carbocycles. The largest absolute Gasteiger partial charge is 0.390 e. The number of hydrogen-bond donors (Lipinski definition) is 5. The zero-order valence-corrected chi connectivity index (χ0v) is 20.8. The van der Waals surface area contributed by atoms with Gasteiger partial charge in [0.05, 0.1) is 40.2 Å². The smallest absolute Gasteiger partial charge is 0.225 e. The predicted octanol–water partition coefficient (Wildman–Crippen LogP) is 2.33. The summed E-state index contributed by atoms with van der Waals surface area (Å²) in [5.41, 5.74) is 2.27.